The molecular formula is C16H17N3O. The average Bonchev–Trinajstić information content (AvgIpc) is 2.93. The van der Waals surface area contributed by atoms with E-state index in [4.69, 9.17) is 0 Å². The van der Waals surface area contributed by atoms with Crippen molar-refractivity contribution in [3.8, 4) is 6.07 Å². The van der Waals surface area contributed by atoms with Crippen LogP contribution in [0.4, 0.5) is 5.82 Å². The third kappa shape index (κ3) is 2.33. The largest absolute Gasteiger partial charge is 0.396 e. The first-order valence-corrected chi connectivity index (χ1v) is 6.99. The van der Waals surface area contributed by atoms with E-state index in [0.29, 0.717) is 5.56 Å². The molecule has 0 aliphatic heterocycles. The van der Waals surface area contributed by atoms with Crippen LogP contribution in [0.5, 0.6) is 0 Å². The van der Waals surface area contributed by atoms with Crippen molar-refractivity contribution >= 4 is 16.7 Å². The minimum Gasteiger partial charge on any atom is -0.396 e. The number of pyridine rings is 1. The Morgan fingerprint density at radius 1 is 1.35 bits per heavy atom. The quantitative estimate of drug-likeness (QED) is 0.897. The number of rotatable bonds is 3. The number of aromatic nitrogens is 1. The van der Waals surface area contributed by atoms with E-state index in [1.807, 2.05) is 24.3 Å². The number of nitriles is 1. The summed E-state index contributed by atoms with van der Waals surface area (Å²) >= 11 is 0. The molecule has 0 bridgehead atoms. The maximum absolute atomic E-state index is 9.37. The normalized spacial score (nSPS) is 21.8. The van der Waals surface area contributed by atoms with Gasteiger partial charge in [-0.2, -0.15) is 5.26 Å². The molecular weight excluding hydrogens is 250 g/mol. The van der Waals surface area contributed by atoms with Crippen molar-refractivity contribution < 1.29 is 5.11 Å². The summed E-state index contributed by atoms with van der Waals surface area (Å²) in [5.41, 5.74) is 1.46. The molecule has 1 aliphatic rings. The maximum Gasteiger partial charge on any atom is 0.128 e. The van der Waals surface area contributed by atoms with E-state index in [9.17, 15) is 10.4 Å². The van der Waals surface area contributed by atoms with Crippen LogP contribution < -0.4 is 5.32 Å². The second-order valence-electron chi connectivity index (χ2n) is 5.31. The van der Waals surface area contributed by atoms with Crippen LogP contribution in [0.1, 0.15) is 24.8 Å². The summed E-state index contributed by atoms with van der Waals surface area (Å²) in [4.78, 5) is 4.57. The van der Waals surface area contributed by atoms with Gasteiger partial charge in [-0.25, -0.2) is 4.98 Å². The smallest absolute Gasteiger partial charge is 0.128 e. The molecule has 1 aromatic heterocycles. The highest BCUT2D eigenvalue weighted by atomic mass is 16.3. The highest BCUT2D eigenvalue weighted by molar-refractivity contribution is 5.86. The molecule has 1 aromatic carbocycles. The highest BCUT2D eigenvalue weighted by Crippen LogP contribution is 2.29. The monoisotopic (exact) mass is 267 g/mol. The van der Waals surface area contributed by atoms with E-state index in [1.165, 1.54) is 0 Å². The molecule has 0 saturated heterocycles. The van der Waals surface area contributed by atoms with Crippen LogP contribution in [-0.2, 0) is 0 Å². The number of para-hydroxylation sites is 1. The molecule has 1 aliphatic carbocycles. The van der Waals surface area contributed by atoms with Gasteiger partial charge in [0.2, 0.25) is 0 Å². The number of hydrogen-bond donors (Lipinski definition) is 2. The molecule has 0 radical (unpaired) electrons. The van der Waals surface area contributed by atoms with Gasteiger partial charge in [0.1, 0.15) is 5.82 Å². The number of fused-ring (bicyclic) bond motifs is 1. The summed E-state index contributed by atoms with van der Waals surface area (Å²) in [5.74, 6) is 1.01. The lowest BCUT2D eigenvalue weighted by molar-refractivity contribution is 0.222. The van der Waals surface area contributed by atoms with Gasteiger partial charge in [-0.1, -0.05) is 24.6 Å². The zero-order valence-corrected chi connectivity index (χ0v) is 11.2. The van der Waals surface area contributed by atoms with Gasteiger partial charge in [-0.3, -0.25) is 0 Å². The first-order valence-electron chi connectivity index (χ1n) is 6.99. The molecule has 2 atom stereocenters. The van der Waals surface area contributed by atoms with Gasteiger partial charge in [-0.05, 0) is 25.0 Å². The fraction of sp³-hybridized carbons (Fsp3) is 0.375. The van der Waals surface area contributed by atoms with Crippen LogP contribution in [0.2, 0.25) is 0 Å². The molecule has 1 heterocycles. The number of hydrogen-bond acceptors (Lipinski definition) is 4. The summed E-state index contributed by atoms with van der Waals surface area (Å²) < 4.78 is 0. The van der Waals surface area contributed by atoms with Gasteiger partial charge in [-0.15, -0.1) is 0 Å². The lowest BCUT2D eigenvalue weighted by Crippen LogP contribution is -2.26. The van der Waals surface area contributed by atoms with Crippen molar-refractivity contribution in [3.05, 3.63) is 35.9 Å². The van der Waals surface area contributed by atoms with Gasteiger partial charge in [0, 0.05) is 24.0 Å². The minimum atomic E-state index is 0.205. The number of aliphatic hydroxyl groups is 1. The predicted octanol–water partition coefficient (Wildman–Crippen LogP) is 2.68. The van der Waals surface area contributed by atoms with Crippen molar-refractivity contribution in [3.63, 3.8) is 0 Å². The van der Waals surface area contributed by atoms with Gasteiger partial charge < -0.3 is 10.4 Å². The maximum atomic E-state index is 9.37. The topological polar surface area (TPSA) is 68.9 Å². The summed E-state index contributed by atoms with van der Waals surface area (Å²) in [6.07, 6.45) is 3.22. The fourth-order valence-electron chi connectivity index (χ4n) is 2.98. The lowest BCUT2D eigenvalue weighted by Gasteiger charge is -2.20. The van der Waals surface area contributed by atoms with Gasteiger partial charge in [0.15, 0.2) is 0 Å². The van der Waals surface area contributed by atoms with Crippen molar-refractivity contribution in [2.24, 2.45) is 5.92 Å². The molecule has 2 unspecified atom stereocenters. The molecule has 1 saturated carbocycles. The first kappa shape index (κ1) is 12.9. The zero-order chi connectivity index (χ0) is 13.9. The van der Waals surface area contributed by atoms with E-state index in [1.54, 1.807) is 6.07 Å². The molecule has 0 amide bonds. The molecule has 4 nitrogen and oxygen atoms in total. The summed E-state index contributed by atoms with van der Waals surface area (Å²) in [5, 5.41) is 22.9. The first-order chi connectivity index (χ1) is 9.81. The van der Waals surface area contributed by atoms with Crippen LogP contribution in [0.25, 0.3) is 10.9 Å². The van der Waals surface area contributed by atoms with Crippen LogP contribution in [0, 0.1) is 17.2 Å². The van der Waals surface area contributed by atoms with Crippen LogP contribution in [-0.4, -0.2) is 22.7 Å². The molecule has 3 rings (SSSR count). The number of anilines is 1. The van der Waals surface area contributed by atoms with E-state index < -0.39 is 0 Å². The predicted molar refractivity (Wildman–Crippen MR) is 78.3 cm³/mol. The Bertz CT molecular complexity index is 662. The van der Waals surface area contributed by atoms with Crippen molar-refractivity contribution in [2.45, 2.75) is 25.3 Å². The second-order valence-corrected chi connectivity index (χ2v) is 5.31. The minimum absolute atomic E-state index is 0.205. The van der Waals surface area contributed by atoms with E-state index in [0.717, 1.165) is 36.0 Å². The van der Waals surface area contributed by atoms with Gasteiger partial charge in [0.25, 0.3) is 0 Å². The fourth-order valence-corrected chi connectivity index (χ4v) is 2.98. The van der Waals surface area contributed by atoms with E-state index in [-0.39, 0.29) is 18.6 Å². The summed E-state index contributed by atoms with van der Waals surface area (Å²) in [6.45, 7) is 0.205. The molecule has 2 N–H and O–H groups in total. The lowest BCUT2D eigenvalue weighted by atomic mass is 10.0. The van der Waals surface area contributed by atoms with Gasteiger partial charge in [0.05, 0.1) is 17.1 Å². The molecule has 4 heteroatoms. The second kappa shape index (κ2) is 5.48. The Hall–Kier alpha value is -2.12. The van der Waals surface area contributed by atoms with E-state index >= 15 is 0 Å². The number of nitrogens with zero attached hydrogens (tertiary/aromatic N) is 2. The molecule has 102 valence electrons. The van der Waals surface area contributed by atoms with Crippen molar-refractivity contribution in [2.75, 3.05) is 11.9 Å². The van der Waals surface area contributed by atoms with Crippen molar-refractivity contribution in [1.29, 1.82) is 5.26 Å². The summed E-state index contributed by atoms with van der Waals surface area (Å²) in [6, 6.07) is 11.9. The van der Waals surface area contributed by atoms with E-state index in [2.05, 4.69) is 16.4 Å². The standard InChI is InChI=1S/C16H17N3O/c17-9-12-8-16(18-14-7-3-4-11(14)10-20)19-15-6-2-1-5-13(12)15/h1-2,5-6,8,11,14,20H,3-4,7,10H2,(H,18,19). The number of benzene rings is 1. The van der Waals surface area contributed by atoms with Gasteiger partial charge >= 0.3 is 0 Å². The Balaban J connectivity index is 1.94. The van der Waals surface area contributed by atoms with Crippen LogP contribution in [0.15, 0.2) is 30.3 Å². The summed E-state index contributed by atoms with van der Waals surface area (Å²) in [7, 11) is 0. The Kier molecular flexibility index (Phi) is 3.53. The Labute approximate surface area is 118 Å². The average molecular weight is 267 g/mol. The zero-order valence-electron chi connectivity index (χ0n) is 11.2. The SMILES string of the molecule is N#Cc1cc(NC2CCCC2CO)nc2ccccc12. The highest BCUT2D eigenvalue weighted by Gasteiger charge is 2.26. The number of nitrogens with one attached hydrogen (secondary N) is 1. The number of aliphatic hydroxyl groups excluding tert-OH is 1. The third-order valence-electron chi connectivity index (χ3n) is 4.06. The molecule has 20 heavy (non-hydrogen) atoms. The van der Waals surface area contributed by atoms with Crippen molar-refractivity contribution in [1.82, 2.24) is 4.98 Å². The Morgan fingerprint density at radius 3 is 3.00 bits per heavy atom. The third-order valence-corrected chi connectivity index (χ3v) is 4.06. The van der Waals surface area contributed by atoms with Crippen LogP contribution >= 0.6 is 0 Å². The molecule has 0 spiro atoms. The molecule has 1 fully saturated rings. The van der Waals surface area contributed by atoms with Crippen LogP contribution in [0.3, 0.4) is 0 Å². The Morgan fingerprint density at radius 2 is 2.20 bits per heavy atom. The molecule has 2 aromatic rings.